The van der Waals surface area contributed by atoms with Crippen molar-refractivity contribution in [2.75, 3.05) is 25.6 Å². The lowest BCUT2D eigenvalue weighted by molar-refractivity contribution is -0.125. The summed E-state index contributed by atoms with van der Waals surface area (Å²) in [5.74, 6) is -0.366. The fraction of sp³-hybridized carbons (Fsp3) is 0.350. The molecule has 0 aliphatic carbocycles. The summed E-state index contributed by atoms with van der Waals surface area (Å²) in [5.41, 5.74) is 2.01. The van der Waals surface area contributed by atoms with E-state index in [9.17, 15) is 9.18 Å². The summed E-state index contributed by atoms with van der Waals surface area (Å²) in [6.45, 7) is 1.77. The smallest absolute Gasteiger partial charge is 0.235 e. The van der Waals surface area contributed by atoms with E-state index in [2.05, 4.69) is 10.6 Å². The number of hydrogen-bond donors (Lipinski definition) is 2. The van der Waals surface area contributed by atoms with Crippen LogP contribution in [0.3, 0.4) is 0 Å². The third kappa shape index (κ3) is 3.89. The highest BCUT2D eigenvalue weighted by atomic mass is 19.1. The summed E-state index contributed by atoms with van der Waals surface area (Å²) in [6, 6.07) is 14.0. The van der Waals surface area contributed by atoms with Crippen LogP contribution in [0, 0.1) is 5.82 Å². The molecule has 0 atom stereocenters. The number of benzene rings is 2. The van der Waals surface area contributed by atoms with Gasteiger partial charge in [-0.1, -0.05) is 24.3 Å². The number of carbonyl (C=O) groups excluding carboxylic acids is 1. The van der Waals surface area contributed by atoms with Gasteiger partial charge in [0.25, 0.3) is 0 Å². The van der Waals surface area contributed by atoms with Crippen molar-refractivity contribution in [2.24, 2.45) is 0 Å². The number of hydrogen-bond acceptors (Lipinski definition) is 3. The number of amides is 1. The fourth-order valence-electron chi connectivity index (χ4n) is 3.35. The van der Waals surface area contributed by atoms with Crippen LogP contribution in [-0.2, 0) is 21.5 Å². The Morgan fingerprint density at radius 3 is 2.56 bits per heavy atom. The Morgan fingerprint density at radius 1 is 1.16 bits per heavy atom. The molecule has 1 saturated heterocycles. The maximum atomic E-state index is 13.3. The van der Waals surface area contributed by atoms with E-state index in [0.29, 0.717) is 26.1 Å². The number of nitrogens with one attached hydrogen (secondary N) is 2. The van der Waals surface area contributed by atoms with E-state index in [0.717, 1.165) is 23.4 Å². The normalized spacial score (nSPS) is 16.4. The highest BCUT2D eigenvalue weighted by Gasteiger charge is 2.41. The number of anilines is 1. The van der Waals surface area contributed by atoms with Gasteiger partial charge in [-0.25, -0.2) is 4.39 Å². The Labute approximate surface area is 147 Å². The second kappa shape index (κ2) is 7.76. The van der Waals surface area contributed by atoms with E-state index in [1.165, 1.54) is 12.1 Å². The summed E-state index contributed by atoms with van der Waals surface area (Å²) in [5, 5.41) is 6.15. The predicted molar refractivity (Wildman–Crippen MR) is 96.0 cm³/mol. The fourth-order valence-corrected chi connectivity index (χ4v) is 3.35. The Hall–Kier alpha value is -2.24. The van der Waals surface area contributed by atoms with Crippen LogP contribution >= 0.6 is 0 Å². The first-order chi connectivity index (χ1) is 12.1. The summed E-state index contributed by atoms with van der Waals surface area (Å²) in [7, 11) is 1.89. The molecule has 2 N–H and O–H groups in total. The van der Waals surface area contributed by atoms with Crippen molar-refractivity contribution in [2.45, 2.75) is 24.8 Å². The number of ether oxygens (including phenoxy) is 1. The molecule has 1 aliphatic heterocycles. The SMILES string of the molecule is CNCc1cccc(NC(=O)C2(c3ccc(F)cc3)CCOCC2)c1. The quantitative estimate of drug-likeness (QED) is 0.877. The average Bonchev–Trinajstić information content (AvgIpc) is 2.63. The zero-order valence-corrected chi connectivity index (χ0v) is 14.3. The third-order valence-electron chi connectivity index (χ3n) is 4.74. The van der Waals surface area contributed by atoms with Crippen LogP contribution in [0.15, 0.2) is 48.5 Å². The summed E-state index contributed by atoms with van der Waals surface area (Å²) < 4.78 is 18.8. The van der Waals surface area contributed by atoms with E-state index < -0.39 is 5.41 Å². The lowest BCUT2D eigenvalue weighted by atomic mass is 9.73. The van der Waals surface area contributed by atoms with Crippen LogP contribution in [0.1, 0.15) is 24.0 Å². The Balaban J connectivity index is 1.87. The zero-order valence-electron chi connectivity index (χ0n) is 14.3. The van der Waals surface area contributed by atoms with Crippen molar-refractivity contribution in [1.29, 1.82) is 0 Å². The van der Waals surface area contributed by atoms with Crippen LogP contribution < -0.4 is 10.6 Å². The van der Waals surface area contributed by atoms with Gasteiger partial charge in [-0.2, -0.15) is 0 Å². The van der Waals surface area contributed by atoms with Crippen LogP contribution in [-0.4, -0.2) is 26.2 Å². The van der Waals surface area contributed by atoms with Gasteiger partial charge in [0.2, 0.25) is 5.91 Å². The van der Waals surface area contributed by atoms with Gasteiger partial charge >= 0.3 is 0 Å². The number of carbonyl (C=O) groups is 1. The highest BCUT2D eigenvalue weighted by Crippen LogP contribution is 2.36. The van der Waals surface area contributed by atoms with Crippen LogP contribution in [0.4, 0.5) is 10.1 Å². The van der Waals surface area contributed by atoms with E-state index in [-0.39, 0.29) is 11.7 Å². The minimum atomic E-state index is -0.690. The molecule has 2 aromatic carbocycles. The Morgan fingerprint density at radius 2 is 1.88 bits per heavy atom. The molecule has 25 heavy (non-hydrogen) atoms. The van der Waals surface area contributed by atoms with Crippen molar-refractivity contribution in [3.05, 3.63) is 65.5 Å². The monoisotopic (exact) mass is 342 g/mol. The van der Waals surface area contributed by atoms with Crippen LogP contribution in [0.25, 0.3) is 0 Å². The van der Waals surface area contributed by atoms with Crippen molar-refractivity contribution in [3.8, 4) is 0 Å². The Kier molecular flexibility index (Phi) is 5.46. The van der Waals surface area contributed by atoms with Crippen molar-refractivity contribution >= 4 is 11.6 Å². The highest BCUT2D eigenvalue weighted by molar-refractivity contribution is 5.99. The lowest BCUT2D eigenvalue weighted by Crippen LogP contribution is -2.44. The molecule has 1 aliphatic rings. The first-order valence-corrected chi connectivity index (χ1v) is 8.53. The van der Waals surface area contributed by atoms with Gasteiger partial charge in [0.1, 0.15) is 5.82 Å². The number of rotatable bonds is 5. The predicted octanol–water partition coefficient (Wildman–Crippen LogP) is 3.23. The Bertz CT molecular complexity index is 725. The van der Waals surface area contributed by atoms with E-state index >= 15 is 0 Å². The van der Waals surface area contributed by atoms with Gasteiger partial charge in [0.15, 0.2) is 0 Å². The van der Waals surface area contributed by atoms with E-state index in [1.807, 2.05) is 31.3 Å². The van der Waals surface area contributed by atoms with Gasteiger partial charge in [0.05, 0.1) is 5.41 Å². The maximum Gasteiger partial charge on any atom is 0.235 e. The van der Waals surface area contributed by atoms with Gasteiger partial charge in [-0.3, -0.25) is 4.79 Å². The standard InChI is InChI=1S/C20H23FN2O2/c1-22-14-15-3-2-4-18(13-15)23-19(24)20(9-11-25-12-10-20)16-5-7-17(21)8-6-16/h2-8,13,22H,9-12,14H2,1H3,(H,23,24). The average molecular weight is 342 g/mol. The molecule has 132 valence electrons. The molecular formula is C20H23FN2O2. The second-order valence-corrected chi connectivity index (χ2v) is 6.39. The lowest BCUT2D eigenvalue weighted by Gasteiger charge is -2.36. The minimum Gasteiger partial charge on any atom is -0.381 e. The first kappa shape index (κ1) is 17.6. The molecule has 1 amide bonds. The molecule has 0 unspecified atom stereocenters. The number of halogens is 1. The largest absolute Gasteiger partial charge is 0.381 e. The molecule has 1 heterocycles. The molecule has 1 fully saturated rings. The summed E-state index contributed by atoms with van der Waals surface area (Å²) in [6.07, 6.45) is 1.17. The van der Waals surface area contributed by atoms with Gasteiger partial charge in [0, 0.05) is 25.4 Å². The molecule has 0 saturated carbocycles. The summed E-state index contributed by atoms with van der Waals surface area (Å²) in [4.78, 5) is 13.2. The van der Waals surface area contributed by atoms with Crippen molar-refractivity contribution < 1.29 is 13.9 Å². The molecule has 2 aromatic rings. The summed E-state index contributed by atoms with van der Waals surface area (Å²) >= 11 is 0. The van der Waals surface area contributed by atoms with Crippen LogP contribution in [0.5, 0.6) is 0 Å². The molecule has 5 heteroatoms. The molecular weight excluding hydrogens is 319 g/mol. The zero-order chi connectivity index (χ0) is 17.7. The molecule has 0 aromatic heterocycles. The third-order valence-corrected chi connectivity index (χ3v) is 4.74. The van der Waals surface area contributed by atoms with Crippen molar-refractivity contribution in [3.63, 3.8) is 0 Å². The molecule has 0 spiro atoms. The van der Waals surface area contributed by atoms with E-state index in [4.69, 9.17) is 4.74 Å². The van der Waals surface area contributed by atoms with Gasteiger partial charge < -0.3 is 15.4 Å². The van der Waals surface area contributed by atoms with Gasteiger partial charge in [-0.15, -0.1) is 0 Å². The molecule has 0 radical (unpaired) electrons. The van der Waals surface area contributed by atoms with Crippen LogP contribution in [0.2, 0.25) is 0 Å². The maximum absolute atomic E-state index is 13.3. The topological polar surface area (TPSA) is 50.4 Å². The van der Waals surface area contributed by atoms with Crippen molar-refractivity contribution in [1.82, 2.24) is 5.32 Å². The van der Waals surface area contributed by atoms with E-state index in [1.54, 1.807) is 12.1 Å². The first-order valence-electron chi connectivity index (χ1n) is 8.53. The molecule has 4 nitrogen and oxygen atoms in total. The minimum absolute atomic E-state index is 0.0657. The molecule has 3 rings (SSSR count). The second-order valence-electron chi connectivity index (χ2n) is 6.39. The van der Waals surface area contributed by atoms with Gasteiger partial charge in [-0.05, 0) is 55.3 Å². The molecule has 0 bridgehead atoms.